The number of rotatable bonds is 2. The molecular weight excluding hydrogens is 464 g/mol. The van der Waals surface area contributed by atoms with Gasteiger partial charge < -0.3 is 9.64 Å². The minimum absolute atomic E-state index is 0.123. The molecule has 0 saturated carbocycles. The van der Waals surface area contributed by atoms with Crippen LogP contribution in [0.15, 0.2) is 42.5 Å². The molecule has 0 aliphatic carbocycles. The summed E-state index contributed by atoms with van der Waals surface area (Å²) in [4.78, 5) is 54.2. The molecule has 3 aliphatic heterocycles. The quantitative estimate of drug-likeness (QED) is 0.395. The van der Waals surface area contributed by atoms with Crippen LogP contribution in [-0.4, -0.2) is 47.6 Å². The number of non-ortho nitro benzene ring substituents is 1. The van der Waals surface area contributed by atoms with E-state index >= 15 is 0 Å². The number of urea groups is 1. The fourth-order valence-corrected chi connectivity index (χ4v) is 5.66. The first kappa shape index (κ1) is 22.3. The number of nitrogens with one attached hydrogen (secondary N) is 1. The summed E-state index contributed by atoms with van der Waals surface area (Å²) in [5, 5.41) is 14.1. The van der Waals surface area contributed by atoms with Crippen molar-refractivity contribution in [1.82, 2.24) is 5.32 Å². The molecule has 3 aliphatic rings. The number of hydrogen-bond acceptors (Lipinski definition) is 7. The standard InChI is InChI=1S/C23H21ClN4O6/c1-12-11-26-18-7-6-17(28(32)33)8-14(18)10-23(19(26)13(2)34-12)20(29)25-22(31)27(21(23)30)16-5-3-4-15(24)9-16/h3-9,12-13,19H,10-11H2,1-2H3,(H,25,29,31). The van der Waals surface area contributed by atoms with E-state index in [1.807, 2.05) is 11.8 Å². The van der Waals surface area contributed by atoms with Crippen LogP contribution in [0.4, 0.5) is 21.9 Å². The van der Waals surface area contributed by atoms with Crippen molar-refractivity contribution < 1.29 is 24.0 Å². The Morgan fingerprint density at radius 3 is 2.65 bits per heavy atom. The van der Waals surface area contributed by atoms with Gasteiger partial charge in [-0.1, -0.05) is 17.7 Å². The van der Waals surface area contributed by atoms with Gasteiger partial charge in [-0.2, -0.15) is 0 Å². The summed E-state index contributed by atoms with van der Waals surface area (Å²) in [5.74, 6) is -1.47. The van der Waals surface area contributed by atoms with E-state index in [4.69, 9.17) is 16.3 Å². The van der Waals surface area contributed by atoms with Gasteiger partial charge in [-0.05, 0) is 43.7 Å². The van der Waals surface area contributed by atoms with Crippen molar-refractivity contribution >= 4 is 46.5 Å². The first-order chi connectivity index (χ1) is 16.1. The number of imide groups is 2. The number of amides is 4. The van der Waals surface area contributed by atoms with Crippen LogP contribution in [-0.2, 0) is 20.7 Å². The molecule has 1 spiro atoms. The molecule has 2 aromatic rings. The van der Waals surface area contributed by atoms with E-state index in [-0.39, 0.29) is 23.9 Å². The molecule has 4 amide bonds. The van der Waals surface area contributed by atoms with Crippen molar-refractivity contribution in [3.05, 3.63) is 63.2 Å². The lowest BCUT2D eigenvalue weighted by Gasteiger charge is -2.56. The first-order valence-corrected chi connectivity index (χ1v) is 11.2. The summed E-state index contributed by atoms with van der Waals surface area (Å²) in [6.45, 7) is 4.03. The number of carbonyl (C=O) groups excluding carboxylic acids is 3. The maximum Gasteiger partial charge on any atom is 0.335 e. The number of hydrogen-bond donors (Lipinski definition) is 1. The van der Waals surface area contributed by atoms with Gasteiger partial charge in [-0.25, -0.2) is 9.69 Å². The van der Waals surface area contributed by atoms with Crippen LogP contribution in [0.5, 0.6) is 0 Å². The lowest BCUT2D eigenvalue weighted by atomic mass is 9.66. The molecule has 0 bridgehead atoms. The predicted octanol–water partition coefficient (Wildman–Crippen LogP) is 3.06. The molecule has 5 rings (SSSR count). The van der Waals surface area contributed by atoms with Crippen molar-refractivity contribution in [1.29, 1.82) is 0 Å². The van der Waals surface area contributed by atoms with Crippen molar-refractivity contribution in [2.75, 3.05) is 16.3 Å². The van der Waals surface area contributed by atoms with Crippen LogP contribution in [0.2, 0.25) is 5.02 Å². The largest absolute Gasteiger partial charge is 0.372 e. The fraction of sp³-hybridized carbons (Fsp3) is 0.348. The number of anilines is 2. The normalized spacial score (nSPS) is 28.4. The lowest BCUT2D eigenvalue weighted by molar-refractivity contribution is -0.384. The molecule has 3 heterocycles. The second kappa shape index (κ2) is 7.78. The molecule has 176 valence electrons. The predicted molar refractivity (Wildman–Crippen MR) is 123 cm³/mol. The summed E-state index contributed by atoms with van der Waals surface area (Å²) in [6.07, 6.45) is -0.879. The van der Waals surface area contributed by atoms with Crippen LogP contribution in [0.3, 0.4) is 0 Å². The van der Waals surface area contributed by atoms with Gasteiger partial charge in [0.1, 0.15) is 0 Å². The van der Waals surface area contributed by atoms with Crippen LogP contribution in [0.25, 0.3) is 0 Å². The van der Waals surface area contributed by atoms with E-state index in [1.54, 1.807) is 31.2 Å². The monoisotopic (exact) mass is 484 g/mol. The smallest absolute Gasteiger partial charge is 0.335 e. The molecule has 2 aromatic carbocycles. The van der Waals surface area contributed by atoms with E-state index in [1.165, 1.54) is 18.2 Å². The number of fused-ring (bicyclic) bond motifs is 4. The Kier molecular flexibility index (Phi) is 5.10. The van der Waals surface area contributed by atoms with Gasteiger partial charge in [0.2, 0.25) is 5.91 Å². The summed E-state index contributed by atoms with van der Waals surface area (Å²) in [5.41, 5.74) is -0.493. The highest BCUT2D eigenvalue weighted by atomic mass is 35.5. The van der Waals surface area contributed by atoms with Crippen molar-refractivity contribution in [3.8, 4) is 0 Å². The van der Waals surface area contributed by atoms with Gasteiger partial charge in [0, 0.05) is 35.8 Å². The summed E-state index contributed by atoms with van der Waals surface area (Å²) in [7, 11) is 0. The number of nitro groups is 1. The molecule has 34 heavy (non-hydrogen) atoms. The van der Waals surface area contributed by atoms with Gasteiger partial charge in [-0.15, -0.1) is 0 Å². The second-order valence-electron chi connectivity index (χ2n) is 8.85. The first-order valence-electron chi connectivity index (χ1n) is 10.8. The van der Waals surface area contributed by atoms with Crippen molar-refractivity contribution in [2.45, 2.75) is 38.5 Å². The zero-order valence-corrected chi connectivity index (χ0v) is 19.1. The summed E-state index contributed by atoms with van der Waals surface area (Å²) >= 11 is 6.10. The molecule has 11 heteroatoms. The molecule has 0 radical (unpaired) electrons. The Balaban J connectivity index is 1.71. The molecule has 4 atom stereocenters. The minimum Gasteiger partial charge on any atom is -0.372 e. The maximum absolute atomic E-state index is 14.1. The highest BCUT2D eigenvalue weighted by molar-refractivity contribution is 6.33. The highest BCUT2D eigenvalue weighted by Crippen LogP contribution is 2.49. The molecule has 10 nitrogen and oxygen atoms in total. The SMILES string of the molecule is CC1CN2c3ccc([N+](=O)[O-])cc3CC3(C(=O)NC(=O)N(c4cccc(Cl)c4)C3=O)C2C(C)O1. The number of morpholine rings is 1. The third-order valence-corrected chi connectivity index (χ3v) is 6.95. The topological polar surface area (TPSA) is 122 Å². The number of carbonyl (C=O) groups is 3. The number of ether oxygens (including phenoxy) is 1. The van der Waals surface area contributed by atoms with Crippen LogP contribution < -0.4 is 15.1 Å². The average molecular weight is 485 g/mol. The molecule has 2 saturated heterocycles. The highest BCUT2D eigenvalue weighted by Gasteiger charge is 2.65. The minimum atomic E-state index is -1.75. The maximum atomic E-state index is 14.1. The van der Waals surface area contributed by atoms with Crippen LogP contribution >= 0.6 is 11.6 Å². The third kappa shape index (κ3) is 3.17. The lowest BCUT2D eigenvalue weighted by Crippen LogP contribution is -2.76. The number of halogens is 1. The average Bonchev–Trinajstić information content (AvgIpc) is 2.77. The third-order valence-electron chi connectivity index (χ3n) is 6.72. The summed E-state index contributed by atoms with van der Waals surface area (Å²) in [6, 6.07) is 9.04. The van der Waals surface area contributed by atoms with Crippen LogP contribution in [0, 0.1) is 15.5 Å². The van der Waals surface area contributed by atoms with E-state index in [0.29, 0.717) is 22.8 Å². The Morgan fingerprint density at radius 1 is 1.18 bits per heavy atom. The zero-order valence-electron chi connectivity index (χ0n) is 18.4. The van der Waals surface area contributed by atoms with E-state index in [9.17, 15) is 24.5 Å². The van der Waals surface area contributed by atoms with E-state index in [0.717, 1.165) is 4.90 Å². The molecule has 0 aromatic heterocycles. The zero-order chi connectivity index (χ0) is 24.4. The number of barbiturate groups is 1. The molecule has 1 N–H and O–H groups in total. The van der Waals surface area contributed by atoms with Crippen molar-refractivity contribution in [3.63, 3.8) is 0 Å². The Bertz CT molecular complexity index is 1250. The van der Waals surface area contributed by atoms with Gasteiger partial charge in [0.25, 0.3) is 11.6 Å². The van der Waals surface area contributed by atoms with Crippen LogP contribution in [0.1, 0.15) is 19.4 Å². The molecular formula is C23H21ClN4O6. The Hall–Kier alpha value is -3.50. The summed E-state index contributed by atoms with van der Waals surface area (Å²) < 4.78 is 6.04. The number of nitrogens with zero attached hydrogens (tertiary/aromatic N) is 3. The second-order valence-corrected chi connectivity index (χ2v) is 9.28. The molecule has 2 fully saturated rings. The van der Waals surface area contributed by atoms with Gasteiger partial charge in [-0.3, -0.25) is 25.0 Å². The van der Waals surface area contributed by atoms with Gasteiger partial charge >= 0.3 is 6.03 Å². The van der Waals surface area contributed by atoms with Gasteiger partial charge in [0.15, 0.2) is 5.41 Å². The Labute approximate surface area is 199 Å². The van der Waals surface area contributed by atoms with Crippen molar-refractivity contribution in [2.24, 2.45) is 5.41 Å². The fourth-order valence-electron chi connectivity index (χ4n) is 5.47. The number of benzene rings is 2. The number of nitro benzene ring substituents is 1. The molecule has 4 unspecified atom stereocenters. The van der Waals surface area contributed by atoms with Gasteiger partial charge in [0.05, 0.1) is 28.9 Å². The Morgan fingerprint density at radius 2 is 1.94 bits per heavy atom. The van der Waals surface area contributed by atoms with E-state index in [2.05, 4.69) is 5.32 Å². The van der Waals surface area contributed by atoms with E-state index < -0.39 is 40.3 Å².